The Kier molecular flexibility index (Phi) is 13.8. The number of nitrogens with zero attached hydrogens (tertiary/aromatic N) is 7. The summed E-state index contributed by atoms with van der Waals surface area (Å²) in [5, 5.41) is 78.0. The quantitative estimate of drug-likeness (QED) is 0.206. The highest BCUT2D eigenvalue weighted by Gasteiger charge is 2.64. The van der Waals surface area contributed by atoms with Crippen LogP contribution in [0.25, 0.3) is 0 Å². The van der Waals surface area contributed by atoms with Crippen LogP contribution in [-0.4, -0.2) is 83.6 Å². The summed E-state index contributed by atoms with van der Waals surface area (Å²) in [6.45, 7) is 0. The van der Waals surface area contributed by atoms with Gasteiger partial charge in [0.1, 0.15) is 0 Å². The summed E-state index contributed by atoms with van der Waals surface area (Å²) in [6, 6.07) is 19.4. The molecule has 0 aromatic carbocycles. The van der Waals surface area contributed by atoms with E-state index in [1.807, 2.05) is 0 Å². The highest BCUT2D eigenvalue weighted by atomic mass is 16.5. The molecule has 70 heavy (non-hydrogen) atoms. The molecule has 6 aliphatic heterocycles. The molecule has 12 fully saturated rings. The number of hydrogen-bond acceptors (Lipinski definition) is 12. The van der Waals surface area contributed by atoms with E-state index in [4.69, 9.17) is 4.74 Å². The minimum Gasteiger partial charge on any atom is -0.374 e. The van der Waals surface area contributed by atoms with Gasteiger partial charge in [0.25, 0.3) is 0 Å². The van der Waals surface area contributed by atoms with Crippen molar-refractivity contribution in [2.45, 2.75) is 239 Å². The molecule has 12 nitrogen and oxygen atoms in total. The van der Waals surface area contributed by atoms with Crippen LogP contribution in [0.15, 0.2) is 0 Å². The number of ether oxygens (including phenoxy) is 1. The van der Waals surface area contributed by atoms with E-state index < -0.39 is 0 Å². The standard InChI is InChI=1S/C58H81N11O/c59-26-32-21-34(28-61)54(35(22-32)29-62)47-18-15-43-44(66-47)14-13-42(65-43)41-25-52(69-50-10-4-1-7-38(50)39-8-2-5-11-51(39)69)57-40-9-3-6-12-53(40)70-58(57)56(41)49-20-17-45-46(68-49)16-19-48(67-45)55-36(30-63)23-33(27-60)24-37(55)31-64/h32-58,65-68H,1-25H2. The molecule has 0 bridgehead atoms. The number of likely N-dealkylation sites (tertiary alicyclic amines) is 1. The van der Waals surface area contributed by atoms with E-state index in [0.717, 1.165) is 75.3 Å². The van der Waals surface area contributed by atoms with E-state index in [-0.39, 0.29) is 65.5 Å². The Morgan fingerprint density at radius 1 is 0.329 bits per heavy atom. The van der Waals surface area contributed by atoms with Crippen molar-refractivity contribution in [1.29, 1.82) is 31.6 Å². The zero-order chi connectivity index (χ0) is 47.6. The molecule has 12 aliphatic rings. The van der Waals surface area contributed by atoms with Crippen LogP contribution in [0.5, 0.6) is 0 Å². The van der Waals surface area contributed by atoms with Crippen molar-refractivity contribution in [1.82, 2.24) is 26.2 Å². The van der Waals surface area contributed by atoms with E-state index >= 15 is 0 Å². The minimum absolute atomic E-state index is 0.0284. The van der Waals surface area contributed by atoms with Crippen molar-refractivity contribution in [3.05, 3.63) is 0 Å². The number of hydrogen-bond donors (Lipinski definition) is 4. The zero-order valence-corrected chi connectivity index (χ0v) is 41.8. The van der Waals surface area contributed by atoms with Crippen LogP contribution < -0.4 is 21.3 Å². The number of piperidine rings is 4. The van der Waals surface area contributed by atoms with E-state index in [9.17, 15) is 31.6 Å². The summed E-state index contributed by atoms with van der Waals surface area (Å²) >= 11 is 0. The summed E-state index contributed by atoms with van der Waals surface area (Å²) in [6.07, 6.45) is 29.1. The second-order valence-electron chi connectivity index (χ2n) is 25.7. The van der Waals surface area contributed by atoms with Gasteiger partial charge in [0.15, 0.2) is 0 Å². The minimum atomic E-state index is -0.262. The van der Waals surface area contributed by atoms with Crippen molar-refractivity contribution in [3.63, 3.8) is 0 Å². The number of nitriles is 6. The lowest BCUT2D eigenvalue weighted by Gasteiger charge is -2.58. The van der Waals surface area contributed by atoms with Gasteiger partial charge in [-0.15, -0.1) is 0 Å². The molecule has 0 spiro atoms. The fourth-order valence-corrected chi connectivity index (χ4v) is 20.2. The van der Waals surface area contributed by atoms with Crippen molar-refractivity contribution >= 4 is 0 Å². The Labute approximate surface area is 419 Å². The van der Waals surface area contributed by atoms with E-state index in [1.54, 1.807) is 0 Å². The largest absolute Gasteiger partial charge is 0.374 e. The lowest BCUT2D eigenvalue weighted by molar-refractivity contribution is -0.106. The second-order valence-corrected chi connectivity index (χ2v) is 25.7. The predicted octanol–water partition coefficient (Wildman–Crippen LogP) is 8.14. The molecule has 6 aliphatic carbocycles. The molecule has 6 saturated carbocycles. The molecule has 6 saturated heterocycles. The SMILES string of the molecule is N#CC1CC(C#N)C(C2CCC3NC(C4CC(N5C6CCCCC6C6CCCCC65)C5C6CCCCC6OC5C4C4CCC5NC(C6C(C#N)CC(C#N)CC6C#N)CCC5N4)CCC3N2)C(C#N)C1. The van der Waals surface area contributed by atoms with E-state index in [1.165, 1.54) is 83.5 Å². The molecule has 0 aromatic rings. The molecule has 4 N–H and O–H groups in total. The fourth-order valence-electron chi connectivity index (χ4n) is 20.2. The Bertz CT molecular complexity index is 2090. The molecular formula is C58H81N11O. The average molecular weight is 948 g/mol. The first-order valence-electron chi connectivity index (χ1n) is 29.3. The molecule has 374 valence electrons. The van der Waals surface area contributed by atoms with Gasteiger partial charge in [0.05, 0.1) is 72.3 Å². The van der Waals surface area contributed by atoms with Gasteiger partial charge in [-0.05, 0) is 146 Å². The summed E-state index contributed by atoms with van der Waals surface area (Å²) in [5.41, 5.74) is 0. The first-order chi connectivity index (χ1) is 34.4. The number of fused-ring (bicyclic) bond motifs is 8. The summed E-state index contributed by atoms with van der Waals surface area (Å²) in [7, 11) is 0. The lowest BCUT2D eigenvalue weighted by atomic mass is 9.58. The molecule has 12 heteroatoms. The maximum absolute atomic E-state index is 10.3. The van der Waals surface area contributed by atoms with Crippen LogP contribution in [0.4, 0.5) is 0 Å². The van der Waals surface area contributed by atoms with Crippen molar-refractivity contribution < 1.29 is 4.74 Å². The Hall–Kier alpha value is -3.30. The van der Waals surface area contributed by atoms with Gasteiger partial charge < -0.3 is 26.0 Å². The molecule has 12 rings (SSSR count). The normalized spacial score (nSPS) is 53.1. The maximum Gasteiger partial charge on any atom is 0.0671 e. The first kappa shape index (κ1) is 47.7. The maximum atomic E-state index is 10.3. The number of nitrogens with one attached hydrogen (secondary N) is 4. The van der Waals surface area contributed by atoms with E-state index in [0.29, 0.717) is 97.8 Å². The van der Waals surface area contributed by atoms with Crippen molar-refractivity contribution in [2.75, 3.05) is 0 Å². The van der Waals surface area contributed by atoms with Gasteiger partial charge >= 0.3 is 0 Å². The van der Waals surface area contributed by atoms with Crippen molar-refractivity contribution in [3.8, 4) is 36.4 Å². The number of rotatable bonds is 5. The summed E-state index contributed by atoms with van der Waals surface area (Å²) in [5.74, 6) is 2.37. The second kappa shape index (κ2) is 20.2. The molecule has 23 unspecified atom stereocenters. The van der Waals surface area contributed by atoms with Gasteiger partial charge in [-0.2, -0.15) is 31.6 Å². The smallest absolute Gasteiger partial charge is 0.0671 e. The van der Waals surface area contributed by atoms with Gasteiger partial charge in [0.2, 0.25) is 0 Å². The monoisotopic (exact) mass is 948 g/mol. The zero-order valence-electron chi connectivity index (χ0n) is 41.8. The third-order valence-corrected chi connectivity index (χ3v) is 22.8. The molecule has 0 radical (unpaired) electrons. The third kappa shape index (κ3) is 8.31. The van der Waals surface area contributed by atoms with Gasteiger partial charge in [-0.25, -0.2) is 0 Å². The first-order valence-corrected chi connectivity index (χ1v) is 29.3. The van der Waals surface area contributed by atoms with E-state index in [2.05, 4.69) is 62.6 Å². The Morgan fingerprint density at radius 2 is 0.714 bits per heavy atom. The molecule has 23 atom stereocenters. The van der Waals surface area contributed by atoms with Crippen LogP contribution in [0.3, 0.4) is 0 Å². The van der Waals surface area contributed by atoms with Gasteiger partial charge in [-0.1, -0.05) is 38.5 Å². The van der Waals surface area contributed by atoms with Crippen LogP contribution in [0.2, 0.25) is 0 Å². The topological polar surface area (TPSA) is 203 Å². The molecule has 0 amide bonds. The molecule has 6 heterocycles. The Morgan fingerprint density at radius 3 is 1.17 bits per heavy atom. The van der Waals surface area contributed by atoms with Crippen LogP contribution in [0, 0.1) is 151 Å². The highest BCUT2D eigenvalue weighted by molar-refractivity contribution is 5.18. The highest BCUT2D eigenvalue weighted by Crippen LogP contribution is 2.59. The summed E-state index contributed by atoms with van der Waals surface area (Å²) < 4.78 is 7.78. The average Bonchev–Trinajstić information content (AvgIpc) is 3.97. The summed E-state index contributed by atoms with van der Waals surface area (Å²) in [4.78, 5) is 3.29. The molecule has 0 aromatic heterocycles. The fraction of sp³-hybridized carbons (Fsp3) is 0.897. The van der Waals surface area contributed by atoms with Gasteiger partial charge in [0, 0.05) is 102 Å². The van der Waals surface area contributed by atoms with Gasteiger partial charge in [-0.3, -0.25) is 4.90 Å². The Balaban J connectivity index is 0.833. The lowest BCUT2D eigenvalue weighted by Crippen LogP contribution is -2.70. The van der Waals surface area contributed by atoms with Crippen LogP contribution in [0.1, 0.15) is 161 Å². The predicted molar refractivity (Wildman–Crippen MR) is 263 cm³/mol. The van der Waals surface area contributed by atoms with Crippen LogP contribution >= 0.6 is 0 Å². The van der Waals surface area contributed by atoms with Crippen molar-refractivity contribution in [2.24, 2.45) is 82.9 Å². The molecular weight excluding hydrogens is 867 g/mol. The van der Waals surface area contributed by atoms with Crippen LogP contribution in [-0.2, 0) is 4.74 Å². The third-order valence-electron chi connectivity index (χ3n) is 22.8.